The van der Waals surface area contributed by atoms with Gasteiger partial charge in [-0.2, -0.15) is 0 Å². The van der Waals surface area contributed by atoms with Crippen LogP contribution in [-0.4, -0.2) is 17.0 Å². The van der Waals surface area contributed by atoms with Crippen LogP contribution in [0.25, 0.3) is 0 Å². The van der Waals surface area contributed by atoms with Crippen molar-refractivity contribution < 1.29 is 4.42 Å². The van der Waals surface area contributed by atoms with Crippen LogP contribution in [0.1, 0.15) is 11.5 Å². The lowest BCUT2D eigenvalue weighted by Gasteiger charge is -2.16. The van der Waals surface area contributed by atoms with E-state index in [1.54, 1.807) is 18.7 Å². The second kappa shape index (κ2) is 4.99. The third kappa shape index (κ3) is 2.52. The van der Waals surface area contributed by atoms with Crippen molar-refractivity contribution in [3.05, 3.63) is 42.2 Å². The lowest BCUT2D eigenvalue weighted by molar-refractivity contribution is 0.507. The highest BCUT2D eigenvalue weighted by Gasteiger charge is 2.06. The minimum absolute atomic E-state index is 0.370. The summed E-state index contributed by atoms with van der Waals surface area (Å²) >= 11 is 5.71. The van der Waals surface area contributed by atoms with E-state index in [0.717, 1.165) is 17.3 Å². The van der Waals surface area contributed by atoms with Crippen LogP contribution in [0.5, 0.6) is 0 Å². The van der Waals surface area contributed by atoms with E-state index in [-0.39, 0.29) is 0 Å². The van der Waals surface area contributed by atoms with Crippen molar-refractivity contribution in [1.29, 1.82) is 0 Å². The predicted octanol–water partition coefficient (Wildman–Crippen LogP) is 2.44. The normalized spacial score (nSPS) is 10.4. The lowest BCUT2D eigenvalue weighted by Crippen LogP contribution is -2.17. The number of hydrogen-bond acceptors (Lipinski definition) is 4. The number of halogens is 1. The van der Waals surface area contributed by atoms with E-state index < -0.39 is 0 Å². The summed E-state index contributed by atoms with van der Waals surface area (Å²) in [5, 5.41) is 0. The van der Waals surface area contributed by atoms with Gasteiger partial charge in [0.25, 0.3) is 0 Å². The van der Waals surface area contributed by atoms with Crippen LogP contribution in [0.2, 0.25) is 0 Å². The first kappa shape index (κ1) is 11.0. The molecule has 0 atom stereocenters. The molecule has 0 N–H and O–H groups in total. The Morgan fingerprint density at radius 2 is 2.31 bits per heavy atom. The first-order chi connectivity index (χ1) is 7.79. The van der Waals surface area contributed by atoms with E-state index in [2.05, 4.69) is 9.97 Å². The summed E-state index contributed by atoms with van der Waals surface area (Å²) in [5.41, 5.74) is 0.769. The van der Waals surface area contributed by atoms with Crippen molar-refractivity contribution in [2.75, 3.05) is 11.9 Å². The largest absolute Gasteiger partial charge is 0.467 e. The number of hydrogen-bond donors (Lipinski definition) is 0. The van der Waals surface area contributed by atoms with Gasteiger partial charge in [-0.3, -0.25) is 4.98 Å². The molecule has 2 aromatic heterocycles. The fourth-order valence-electron chi connectivity index (χ4n) is 1.36. The van der Waals surface area contributed by atoms with Gasteiger partial charge in [-0.25, -0.2) is 4.98 Å². The summed E-state index contributed by atoms with van der Waals surface area (Å²) in [6.07, 6.45) is 5.03. The van der Waals surface area contributed by atoms with E-state index in [1.165, 1.54) is 0 Å². The quantitative estimate of drug-likeness (QED) is 0.766. The van der Waals surface area contributed by atoms with Gasteiger partial charge in [-0.05, 0) is 12.1 Å². The number of anilines is 1. The Bertz CT molecular complexity index is 444. The van der Waals surface area contributed by atoms with Gasteiger partial charge in [0.1, 0.15) is 11.6 Å². The zero-order valence-electron chi connectivity index (χ0n) is 8.93. The molecular formula is C11H12ClN3O. The van der Waals surface area contributed by atoms with Crippen molar-refractivity contribution in [3.8, 4) is 0 Å². The number of nitrogens with zero attached hydrogens (tertiary/aromatic N) is 3. The van der Waals surface area contributed by atoms with E-state index >= 15 is 0 Å². The van der Waals surface area contributed by atoms with Gasteiger partial charge in [-0.15, -0.1) is 11.6 Å². The van der Waals surface area contributed by atoms with E-state index in [0.29, 0.717) is 12.4 Å². The fraction of sp³-hybridized carbons (Fsp3) is 0.273. The maximum atomic E-state index is 5.71. The molecule has 0 fully saturated rings. The van der Waals surface area contributed by atoms with E-state index in [9.17, 15) is 0 Å². The Labute approximate surface area is 98.9 Å². The zero-order chi connectivity index (χ0) is 11.4. The second-order valence-electron chi connectivity index (χ2n) is 3.44. The minimum atomic E-state index is 0.370. The summed E-state index contributed by atoms with van der Waals surface area (Å²) < 4.78 is 5.27. The van der Waals surface area contributed by atoms with Crippen molar-refractivity contribution >= 4 is 17.4 Å². The molecule has 16 heavy (non-hydrogen) atoms. The van der Waals surface area contributed by atoms with Gasteiger partial charge < -0.3 is 9.32 Å². The predicted molar refractivity (Wildman–Crippen MR) is 62.4 cm³/mol. The maximum absolute atomic E-state index is 5.71. The summed E-state index contributed by atoms with van der Waals surface area (Å²) in [6.45, 7) is 0.660. The molecule has 0 aromatic carbocycles. The van der Waals surface area contributed by atoms with Crippen LogP contribution < -0.4 is 4.90 Å². The van der Waals surface area contributed by atoms with Gasteiger partial charge in [0.15, 0.2) is 0 Å². The Morgan fingerprint density at radius 3 is 3.00 bits per heavy atom. The third-order valence-corrected chi connectivity index (χ3v) is 2.45. The first-order valence-electron chi connectivity index (χ1n) is 4.90. The molecule has 2 aromatic rings. The topological polar surface area (TPSA) is 42.2 Å². The maximum Gasteiger partial charge on any atom is 0.147 e. The molecular weight excluding hydrogens is 226 g/mol. The molecule has 0 saturated heterocycles. The van der Waals surface area contributed by atoms with Crippen molar-refractivity contribution in [1.82, 2.24) is 9.97 Å². The van der Waals surface area contributed by atoms with Gasteiger partial charge in [-0.1, -0.05) is 0 Å². The number of aromatic nitrogens is 2. The monoisotopic (exact) mass is 237 g/mol. The minimum Gasteiger partial charge on any atom is -0.467 e. The van der Waals surface area contributed by atoms with Gasteiger partial charge in [0, 0.05) is 13.2 Å². The molecule has 0 unspecified atom stereocenters. The summed E-state index contributed by atoms with van der Waals surface area (Å²) in [7, 11) is 1.94. The van der Waals surface area contributed by atoms with Crippen LogP contribution >= 0.6 is 11.6 Å². The Balaban J connectivity index is 2.11. The van der Waals surface area contributed by atoms with Gasteiger partial charge in [0.2, 0.25) is 0 Å². The average Bonchev–Trinajstić information content (AvgIpc) is 2.82. The molecule has 2 rings (SSSR count). The number of furan rings is 1. The molecule has 4 nitrogen and oxygen atoms in total. The van der Waals surface area contributed by atoms with Crippen molar-refractivity contribution in [2.45, 2.75) is 12.4 Å². The smallest absolute Gasteiger partial charge is 0.147 e. The van der Waals surface area contributed by atoms with Gasteiger partial charge >= 0.3 is 0 Å². The van der Waals surface area contributed by atoms with E-state index in [4.69, 9.17) is 16.0 Å². The highest BCUT2D eigenvalue weighted by molar-refractivity contribution is 6.16. The summed E-state index contributed by atoms with van der Waals surface area (Å²) in [6, 6.07) is 3.79. The Morgan fingerprint density at radius 1 is 1.44 bits per heavy atom. The SMILES string of the molecule is CN(Cc1ccco1)c1cncc(CCl)n1. The van der Waals surface area contributed by atoms with Crippen molar-refractivity contribution in [2.24, 2.45) is 0 Å². The van der Waals surface area contributed by atoms with Crippen LogP contribution in [0, 0.1) is 0 Å². The molecule has 0 aliphatic rings. The lowest BCUT2D eigenvalue weighted by atomic mass is 10.4. The molecule has 0 amide bonds. The number of rotatable bonds is 4. The molecule has 0 bridgehead atoms. The first-order valence-corrected chi connectivity index (χ1v) is 5.43. The third-order valence-electron chi connectivity index (χ3n) is 2.17. The highest BCUT2D eigenvalue weighted by Crippen LogP contribution is 2.12. The van der Waals surface area contributed by atoms with E-state index in [1.807, 2.05) is 24.1 Å². The zero-order valence-corrected chi connectivity index (χ0v) is 9.68. The van der Waals surface area contributed by atoms with Crippen molar-refractivity contribution in [3.63, 3.8) is 0 Å². The summed E-state index contributed by atoms with van der Waals surface area (Å²) in [4.78, 5) is 10.4. The second-order valence-corrected chi connectivity index (χ2v) is 3.70. The molecule has 5 heteroatoms. The molecule has 0 aliphatic heterocycles. The molecule has 0 radical (unpaired) electrons. The molecule has 0 aliphatic carbocycles. The van der Waals surface area contributed by atoms with Crippen LogP contribution in [0.15, 0.2) is 35.2 Å². The summed E-state index contributed by atoms with van der Waals surface area (Å²) in [5.74, 6) is 2.05. The molecule has 0 spiro atoms. The standard InChI is InChI=1S/C11H12ClN3O/c1-15(8-10-3-2-4-16-10)11-7-13-6-9(5-12)14-11/h2-4,6-7H,5,8H2,1H3. The fourth-order valence-corrected chi connectivity index (χ4v) is 1.49. The number of alkyl halides is 1. The molecule has 84 valence electrons. The van der Waals surface area contributed by atoms with Crippen LogP contribution in [0.4, 0.5) is 5.82 Å². The Kier molecular flexibility index (Phi) is 3.41. The Hall–Kier alpha value is -1.55. The molecule has 0 saturated carbocycles. The highest BCUT2D eigenvalue weighted by atomic mass is 35.5. The molecule has 2 heterocycles. The van der Waals surface area contributed by atoms with Gasteiger partial charge in [0.05, 0.1) is 30.6 Å². The van der Waals surface area contributed by atoms with Crippen LogP contribution in [0.3, 0.4) is 0 Å². The van der Waals surface area contributed by atoms with Crippen LogP contribution in [-0.2, 0) is 12.4 Å². The average molecular weight is 238 g/mol.